The van der Waals surface area contributed by atoms with Gasteiger partial charge in [-0.15, -0.1) is 0 Å². The third-order valence-electron chi connectivity index (χ3n) is 3.40. The molecule has 0 heterocycles. The first-order chi connectivity index (χ1) is 11.7. The van der Waals surface area contributed by atoms with Crippen LogP contribution in [0.4, 0.5) is 4.39 Å². The molecule has 0 radical (unpaired) electrons. The highest BCUT2D eigenvalue weighted by Crippen LogP contribution is 2.12. The Balaban J connectivity index is 1.97. The van der Waals surface area contributed by atoms with Crippen LogP contribution in [0.15, 0.2) is 58.3 Å². The topological polar surface area (TPSA) is 92.3 Å². The first-order valence-corrected chi connectivity index (χ1v) is 10.5. The zero-order chi connectivity index (χ0) is 18.5. The fourth-order valence-corrected chi connectivity index (χ4v) is 4.21. The number of hydrogen-bond donors (Lipinski definition) is 2. The fourth-order valence-electron chi connectivity index (χ4n) is 2.14. The zero-order valence-corrected chi connectivity index (χ0v) is 15.2. The summed E-state index contributed by atoms with van der Waals surface area (Å²) in [5, 5.41) is 0. The molecule has 0 saturated heterocycles. The molecule has 0 unspecified atom stereocenters. The molecule has 0 aliphatic heterocycles. The van der Waals surface area contributed by atoms with Gasteiger partial charge in [0.25, 0.3) is 0 Å². The van der Waals surface area contributed by atoms with Crippen molar-refractivity contribution in [2.45, 2.75) is 23.1 Å². The van der Waals surface area contributed by atoms with Gasteiger partial charge in [-0.1, -0.05) is 19.1 Å². The number of hydrogen-bond acceptors (Lipinski definition) is 4. The number of benzene rings is 2. The van der Waals surface area contributed by atoms with E-state index < -0.39 is 25.9 Å². The summed E-state index contributed by atoms with van der Waals surface area (Å²) < 4.78 is 65.5. The minimum atomic E-state index is -3.71. The van der Waals surface area contributed by atoms with E-state index in [0.717, 1.165) is 17.7 Å². The third kappa shape index (κ3) is 5.33. The molecule has 0 atom stereocenters. The minimum absolute atomic E-state index is 0.0130. The molecule has 0 amide bonds. The van der Waals surface area contributed by atoms with Crippen molar-refractivity contribution in [2.75, 3.05) is 13.1 Å². The van der Waals surface area contributed by atoms with Gasteiger partial charge in [0.05, 0.1) is 9.79 Å². The molecule has 0 fully saturated rings. The first kappa shape index (κ1) is 19.5. The Hall–Kier alpha value is -1.81. The van der Waals surface area contributed by atoms with E-state index in [1.165, 1.54) is 24.3 Å². The van der Waals surface area contributed by atoms with Gasteiger partial charge in [-0.05, 0) is 48.4 Å². The van der Waals surface area contributed by atoms with Crippen LogP contribution in [0.3, 0.4) is 0 Å². The van der Waals surface area contributed by atoms with E-state index in [4.69, 9.17) is 0 Å². The standard InChI is InChI=1S/C16H19FN2O4S2/c1-2-18-24(20,21)15-7-3-13(4-8-15)11-12-19-25(22,23)16-9-5-14(17)6-10-16/h3-10,18-19H,2,11-12H2,1H3. The molecule has 2 rings (SSSR count). The number of sulfonamides is 2. The molecule has 136 valence electrons. The van der Waals surface area contributed by atoms with E-state index in [2.05, 4.69) is 9.44 Å². The average Bonchev–Trinajstić information content (AvgIpc) is 2.55. The highest BCUT2D eigenvalue weighted by atomic mass is 32.2. The van der Waals surface area contributed by atoms with Gasteiger partial charge in [0, 0.05) is 13.1 Å². The summed E-state index contributed by atoms with van der Waals surface area (Å²) in [7, 11) is -7.21. The van der Waals surface area contributed by atoms with E-state index in [9.17, 15) is 21.2 Å². The SMILES string of the molecule is CCNS(=O)(=O)c1ccc(CCNS(=O)(=O)c2ccc(F)cc2)cc1. The average molecular weight is 386 g/mol. The molecule has 2 aromatic carbocycles. The lowest BCUT2D eigenvalue weighted by Gasteiger charge is -2.08. The van der Waals surface area contributed by atoms with E-state index in [-0.39, 0.29) is 16.3 Å². The second-order valence-electron chi connectivity index (χ2n) is 5.25. The van der Waals surface area contributed by atoms with Gasteiger partial charge in [-0.3, -0.25) is 0 Å². The predicted molar refractivity (Wildman–Crippen MR) is 92.6 cm³/mol. The molecule has 0 aliphatic carbocycles. The Morgan fingerprint density at radius 1 is 0.800 bits per heavy atom. The van der Waals surface area contributed by atoms with Crippen LogP contribution in [0.2, 0.25) is 0 Å². The Labute approximate surface area is 147 Å². The second-order valence-corrected chi connectivity index (χ2v) is 8.78. The molecule has 0 spiro atoms. The van der Waals surface area contributed by atoms with Crippen molar-refractivity contribution in [3.05, 3.63) is 59.9 Å². The van der Waals surface area contributed by atoms with Crippen LogP contribution < -0.4 is 9.44 Å². The maximum Gasteiger partial charge on any atom is 0.240 e. The first-order valence-electron chi connectivity index (χ1n) is 7.58. The van der Waals surface area contributed by atoms with Gasteiger partial charge in [0.2, 0.25) is 20.0 Å². The Kier molecular flexibility index (Phi) is 6.28. The summed E-state index contributed by atoms with van der Waals surface area (Å²) in [6.45, 7) is 2.13. The maximum atomic E-state index is 12.9. The second kappa shape index (κ2) is 8.05. The largest absolute Gasteiger partial charge is 0.240 e. The molecule has 0 saturated carbocycles. The lowest BCUT2D eigenvalue weighted by molar-refractivity contribution is 0.580. The van der Waals surface area contributed by atoms with E-state index in [1.807, 2.05) is 0 Å². The van der Waals surface area contributed by atoms with E-state index in [0.29, 0.717) is 13.0 Å². The maximum absolute atomic E-state index is 12.9. The Bertz CT molecular complexity index is 910. The van der Waals surface area contributed by atoms with E-state index in [1.54, 1.807) is 19.1 Å². The van der Waals surface area contributed by atoms with Crippen molar-refractivity contribution in [2.24, 2.45) is 0 Å². The molecular formula is C16H19FN2O4S2. The zero-order valence-electron chi connectivity index (χ0n) is 13.6. The normalized spacial score (nSPS) is 12.2. The van der Waals surface area contributed by atoms with Gasteiger partial charge < -0.3 is 0 Å². The number of halogens is 1. The summed E-state index contributed by atoms with van der Waals surface area (Å²) in [6, 6.07) is 10.8. The molecule has 0 bridgehead atoms. The fraction of sp³-hybridized carbons (Fsp3) is 0.250. The lowest BCUT2D eigenvalue weighted by Crippen LogP contribution is -2.26. The summed E-state index contributed by atoms with van der Waals surface area (Å²) in [4.78, 5) is 0.144. The van der Waals surface area contributed by atoms with Gasteiger partial charge in [0.1, 0.15) is 5.82 Å². The van der Waals surface area contributed by atoms with Crippen molar-refractivity contribution >= 4 is 20.0 Å². The summed E-state index contributed by atoms with van der Waals surface area (Å²) in [5.41, 5.74) is 0.789. The molecule has 9 heteroatoms. The van der Waals surface area contributed by atoms with Crippen LogP contribution in [-0.2, 0) is 26.5 Å². The Morgan fingerprint density at radius 3 is 1.80 bits per heavy atom. The van der Waals surface area contributed by atoms with E-state index >= 15 is 0 Å². The van der Waals surface area contributed by atoms with Crippen LogP contribution in [-0.4, -0.2) is 29.9 Å². The van der Waals surface area contributed by atoms with Crippen molar-refractivity contribution < 1.29 is 21.2 Å². The van der Waals surface area contributed by atoms with Crippen LogP contribution in [0.25, 0.3) is 0 Å². The number of rotatable bonds is 8. The monoisotopic (exact) mass is 386 g/mol. The highest BCUT2D eigenvalue weighted by molar-refractivity contribution is 7.89. The van der Waals surface area contributed by atoms with Crippen LogP contribution in [0.5, 0.6) is 0 Å². The highest BCUT2D eigenvalue weighted by Gasteiger charge is 2.14. The van der Waals surface area contributed by atoms with Gasteiger partial charge in [-0.2, -0.15) is 0 Å². The Morgan fingerprint density at radius 2 is 1.28 bits per heavy atom. The molecule has 0 aromatic heterocycles. The van der Waals surface area contributed by atoms with Gasteiger partial charge in [-0.25, -0.2) is 30.7 Å². The molecule has 0 aliphatic rings. The molecule has 6 nitrogen and oxygen atoms in total. The van der Waals surface area contributed by atoms with Crippen molar-refractivity contribution in [3.63, 3.8) is 0 Å². The van der Waals surface area contributed by atoms with Gasteiger partial charge in [0.15, 0.2) is 0 Å². The molecule has 2 N–H and O–H groups in total. The van der Waals surface area contributed by atoms with Crippen LogP contribution in [0, 0.1) is 5.82 Å². The summed E-state index contributed by atoms with van der Waals surface area (Å²) >= 11 is 0. The smallest absolute Gasteiger partial charge is 0.211 e. The minimum Gasteiger partial charge on any atom is -0.211 e. The van der Waals surface area contributed by atoms with Crippen LogP contribution >= 0.6 is 0 Å². The van der Waals surface area contributed by atoms with Crippen LogP contribution in [0.1, 0.15) is 12.5 Å². The lowest BCUT2D eigenvalue weighted by atomic mass is 10.2. The summed E-state index contributed by atoms with van der Waals surface area (Å²) in [6.07, 6.45) is 0.391. The molecule has 2 aromatic rings. The van der Waals surface area contributed by atoms with Crippen molar-refractivity contribution in [1.82, 2.24) is 9.44 Å². The quantitative estimate of drug-likeness (QED) is 0.721. The van der Waals surface area contributed by atoms with Gasteiger partial charge >= 0.3 is 0 Å². The molecular weight excluding hydrogens is 367 g/mol. The number of nitrogens with one attached hydrogen (secondary N) is 2. The summed E-state index contributed by atoms with van der Waals surface area (Å²) in [5.74, 6) is -0.508. The third-order valence-corrected chi connectivity index (χ3v) is 6.44. The van der Waals surface area contributed by atoms with Crippen molar-refractivity contribution in [1.29, 1.82) is 0 Å². The molecule has 25 heavy (non-hydrogen) atoms. The predicted octanol–water partition coefficient (Wildman–Crippen LogP) is 1.64. The van der Waals surface area contributed by atoms with Crippen molar-refractivity contribution in [3.8, 4) is 0 Å².